The number of halogens is 2. The first kappa shape index (κ1) is 13.8. The Morgan fingerprint density at radius 3 is 2.50 bits per heavy atom. The maximum atomic E-state index is 5.96. The lowest BCUT2D eigenvalue weighted by atomic mass is 10.2. The van der Waals surface area contributed by atoms with Crippen molar-refractivity contribution in [1.82, 2.24) is 0 Å². The molecule has 0 unspecified atom stereocenters. The summed E-state index contributed by atoms with van der Waals surface area (Å²) in [5.74, 6) is 0. The van der Waals surface area contributed by atoms with Crippen molar-refractivity contribution in [1.29, 1.82) is 0 Å². The Morgan fingerprint density at radius 2 is 1.89 bits per heavy atom. The lowest BCUT2D eigenvalue weighted by molar-refractivity contribution is 1.14. The third-order valence-electron chi connectivity index (χ3n) is 2.57. The summed E-state index contributed by atoms with van der Waals surface area (Å²) < 4.78 is 0.932. The van der Waals surface area contributed by atoms with Crippen LogP contribution in [0.2, 0.25) is 5.02 Å². The Hall–Kier alpha value is -0.640. The third-order valence-corrected chi connectivity index (χ3v) is 4.53. The van der Waals surface area contributed by atoms with Crippen molar-refractivity contribution >= 4 is 45.0 Å². The summed E-state index contributed by atoms with van der Waals surface area (Å²) >= 11 is 11.1. The average Bonchev–Trinajstić information content (AvgIpc) is 2.41. The molecule has 0 aliphatic heterocycles. The van der Waals surface area contributed by atoms with E-state index < -0.39 is 0 Å². The van der Waals surface area contributed by atoms with Gasteiger partial charge in [0.1, 0.15) is 0 Å². The van der Waals surface area contributed by atoms with Crippen molar-refractivity contribution in [3.63, 3.8) is 0 Å². The maximum absolute atomic E-state index is 5.96. The van der Waals surface area contributed by atoms with Gasteiger partial charge in [0.05, 0.1) is 5.02 Å². The highest BCUT2D eigenvalue weighted by Crippen LogP contribution is 2.24. The molecule has 1 N–H and O–H groups in total. The molecule has 0 aliphatic carbocycles. The molecule has 1 nitrogen and oxygen atoms in total. The second-order valence-electron chi connectivity index (χ2n) is 3.83. The van der Waals surface area contributed by atoms with E-state index in [1.54, 1.807) is 11.8 Å². The molecule has 0 atom stereocenters. The summed E-state index contributed by atoms with van der Waals surface area (Å²) in [6.45, 7) is 0.786. The van der Waals surface area contributed by atoms with Crippen molar-refractivity contribution in [2.45, 2.75) is 11.4 Å². The van der Waals surface area contributed by atoms with Crippen LogP contribution in [0.5, 0.6) is 0 Å². The van der Waals surface area contributed by atoms with Gasteiger partial charge in [0.15, 0.2) is 0 Å². The minimum Gasteiger partial charge on any atom is -0.381 e. The monoisotopic (exact) mass is 341 g/mol. The molecule has 18 heavy (non-hydrogen) atoms. The maximum Gasteiger partial charge on any atom is 0.0548 e. The SMILES string of the molecule is CSc1ccc(NCc2ccc(Cl)c(Br)c2)cc1. The van der Waals surface area contributed by atoms with Crippen LogP contribution in [-0.4, -0.2) is 6.26 Å². The number of benzene rings is 2. The quantitative estimate of drug-likeness (QED) is 0.743. The van der Waals surface area contributed by atoms with Gasteiger partial charge in [0, 0.05) is 21.6 Å². The smallest absolute Gasteiger partial charge is 0.0548 e. The molecule has 0 saturated heterocycles. The first-order chi connectivity index (χ1) is 8.69. The highest BCUT2D eigenvalue weighted by Gasteiger charge is 1.99. The Labute approximate surface area is 125 Å². The van der Waals surface area contributed by atoms with Crippen LogP contribution in [0.15, 0.2) is 51.8 Å². The average molecular weight is 343 g/mol. The van der Waals surface area contributed by atoms with Crippen LogP contribution in [0.4, 0.5) is 5.69 Å². The van der Waals surface area contributed by atoms with E-state index in [4.69, 9.17) is 11.6 Å². The molecule has 0 aliphatic rings. The fourth-order valence-corrected chi connectivity index (χ4v) is 2.51. The Balaban J connectivity index is 1.99. The molecule has 0 fully saturated rings. The van der Waals surface area contributed by atoms with Crippen molar-refractivity contribution in [2.75, 3.05) is 11.6 Å². The first-order valence-electron chi connectivity index (χ1n) is 5.51. The van der Waals surface area contributed by atoms with Gasteiger partial charge >= 0.3 is 0 Å². The number of rotatable bonds is 4. The number of hydrogen-bond donors (Lipinski definition) is 1. The number of nitrogens with one attached hydrogen (secondary N) is 1. The molecule has 0 radical (unpaired) electrons. The predicted octanol–water partition coefficient (Wildman–Crippen LogP) is 5.44. The Kier molecular flexibility index (Phi) is 4.98. The van der Waals surface area contributed by atoms with Crippen LogP contribution in [-0.2, 0) is 6.54 Å². The van der Waals surface area contributed by atoms with Crippen molar-refractivity contribution in [3.8, 4) is 0 Å². The van der Waals surface area contributed by atoms with Gasteiger partial charge < -0.3 is 5.32 Å². The van der Waals surface area contributed by atoms with Crippen molar-refractivity contribution < 1.29 is 0 Å². The highest BCUT2D eigenvalue weighted by molar-refractivity contribution is 9.10. The fourth-order valence-electron chi connectivity index (χ4n) is 1.56. The molecule has 0 bridgehead atoms. The van der Waals surface area contributed by atoms with E-state index in [1.807, 2.05) is 18.2 Å². The van der Waals surface area contributed by atoms with E-state index in [0.717, 1.165) is 21.7 Å². The van der Waals surface area contributed by atoms with Gasteiger partial charge in [-0.25, -0.2) is 0 Å². The minimum atomic E-state index is 0.739. The summed E-state index contributed by atoms with van der Waals surface area (Å²) in [6, 6.07) is 14.4. The van der Waals surface area contributed by atoms with Gasteiger partial charge in [-0.3, -0.25) is 0 Å². The second kappa shape index (κ2) is 6.50. The third kappa shape index (κ3) is 3.67. The van der Waals surface area contributed by atoms with E-state index in [0.29, 0.717) is 0 Å². The highest BCUT2D eigenvalue weighted by atomic mass is 79.9. The first-order valence-corrected chi connectivity index (χ1v) is 7.90. The number of thioether (sulfide) groups is 1. The molecule has 0 saturated carbocycles. The molecular formula is C14H13BrClNS. The fraction of sp³-hybridized carbons (Fsp3) is 0.143. The van der Waals surface area contributed by atoms with Gasteiger partial charge in [0.2, 0.25) is 0 Å². The van der Waals surface area contributed by atoms with Gasteiger partial charge in [-0.2, -0.15) is 0 Å². The number of hydrogen-bond acceptors (Lipinski definition) is 2. The van der Waals surface area contributed by atoms with E-state index >= 15 is 0 Å². The van der Waals surface area contributed by atoms with Crippen molar-refractivity contribution in [3.05, 3.63) is 57.5 Å². The topological polar surface area (TPSA) is 12.0 Å². The zero-order valence-corrected chi connectivity index (χ0v) is 13.1. The lowest BCUT2D eigenvalue weighted by Crippen LogP contribution is -1.99. The molecule has 94 valence electrons. The van der Waals surface area contributed by atoms with Crippen LogP contribution in [0.25, 0.3) is 0 Å². The molecule has 0 spiro atoms. The van der Waals surface area contributed by atoms with E-state index in [2.05, 4.69) is 51.8 Å². The molecule has 4 heteroatoms. The van der Waals surface area contributed by atoms with Crippen LogP contribution in [0.1, 0.15) is 5.56 Å². The summed E-state index contributed by atoms with van der Waals surface area (Å²) in [5, 5.41) is 4.12. The second-order valence-corrected chi connectivity index (χ2v) is 5.97. The Morgan fingerprint density at radius 1 is 1.17 bits per heavy atom. The molecule has 2 aromatic rings. The van der Waals surface area contributed by atoms with Gasteiger partial charge in [-0.1, -0.05) is 17.7 Å². The van der Waals surface area contributed by atoms with Crippen molar-refractivity contribution in [2.24, 2.45) is 0 Å². The van der Waals surface area contributed by atoms with Gasteiger partial charge in [-0.05, 0) is 64.1 Å². The zero-order valence-electron chi connectivity index (χ0n) is 9.91. The molecule has 0 aromatic heterocycles. The summed E-state index contributed by atoms with van der Waals surface area (Å²) in [6.07, 6.45) is 2.08. The Bertz CT molecular complexity index is 528. The van der Waals surface area contributed by atoms with Gasteiger partial charge in [0.25, 0.3) is 0 Å². The standard InChI is InChI=1S/C14H13BrClNS/c1-18-12-5-3-11(4-6-12)17-9-10-2-7-14(16)13(15)8-10/h2-8,17H,9H2,1H3. The van der Waals surface area contributed by atoms with E-state index in [1.165, 1.54) is 10.5 Å². The summed E-state index contributed by atoms with van der Waals surface area (Å²) in [5.41, 5.74) is 2.32. The molecule has 2 rings (SSSR count). The largest absolute Gasteiger partial charge is 0.381 e. The molecule has 0 amide bonds. The number of anilines is 1. The van der Waals surface area contributed by atoms with E-state index in [-0.39, 0.29) is 0 Å². The van der Waals surface area contributed by atoms with Crippen LogP contribution in [0.3, 0.4) is 0 Å². The summed E-state index contributed by atoms with van der Waals surface area (Å²) in [4.78, 5) is 1.27. The molecular weight excluding hydrogens is 330 g/mol. The van der Waals surface area contributed by atoms with Crippen LogP contribution >= 0.6 is 39.3 Å². The lowest BCUT2D eigenvalue weighted by Gasteiger charge is -2.08. The predicted molar refractivity (Wildman–Crippen MR) is 84.7 cm³/mol. The van der Waals surface area contributed by atoms with E-state index in [9.17, 15) is 0 Å². The van der Waals surface area contributed by atoms with Crippen LogP contribution < -0.4 is 5.32 Å². The zero-order chi connectivity index (χ0) is 13.0. The van der Waals surface area contributed by atoms with Gasteiger partial charge in [-0.15, -0.1) is 11.8 Å². The summed E-state index contributed by atoms with van der Waals surface area (Å²) in [7, 11) is 0. The van der Waals surface area contributed by atoms with Crippen LogP contribution in [0, 0.1) is 0 Å². The molecule has 0 heterocycles. The molecule has 2 aromatic carbocycles. The normalized spacial score (nSPS) is 10.4. The minimum absolute atomic E-state index is 0.739.